The SMILES string of the molecule is CC1CN(CC(=O)Nc2ccc(Br)cc2)CCC1O. The number of hydrogen-bond donors (Lipinski definition) is 2. The number of piperidine rings is 1. The molecule has 104 valence electrons. The number of anilines is 1. The van der Waals surface area contributed by atoms with Crippen molar-refractivity contribution in [3.8, 4) is 0 Å². The van der Waals surface area contributed by atoms with Gasteiger partial charge in [-0.2, -0.15) is 0 Å². The first-order chi connectivity index (χ1) is 9.04. The molecule has 1 aliphatic rings. The van der Waals surface area contributed by atoms with Crippen LogP contribution in [0, 0.1) is 5.92 Å². The molecular weight excluding hydrogens is 308 g/mol. The molecule has 1 heterocycles. The third-order valence-corrected chi connectivity index (χ3v) is 3.97. The van der Waals surface area contributed by atoms with Gasteiger partial charge in [-0.3, -0.25) is 9.69 Å². The van der Waals surface area contributed by atoms with Gasteiger partial charge >= 0.3 is 0 Å². The predicted octanol–water partition coefficient (Wildman–Crippen LogP) is 2.09. The van der Waals surface area contributed by atoms with Crippen LogP contribution in [0.3, 0.4) is 0 Å². The van der Waals surface area contributed by atoms with Crippen LogP contribution in [0.4, 0.5) is 5.69 Å². The fraction of sp³-hybridized carbons (Fsp3) is 0.500. The van der Waals surface area contributed by atoms with E-state index in [1.54, 1.807) is 0 Å². The van der Waals surface area contributed by atoms with Gasteiger partial charge < -0.3 is 10.4 Å². The van der Waals surface area contributed by atoms with Gasteiger partial charge in [-0.25, -0.2) is 0 Å². The van der Waals surface area contributed by atoms with Crippen molar-refractivity contribution in [2.75, 3.05) is 25.0 Å². The minimum Gasteiger partial charge on any atom is -0.393 e. The molecule has 0 spiro atoms. The summed E-state index contributed by atoms with van der Waals surface area (Å²) in [7, 11) is 0. The molecule has 0 aromatic heterocycles. The molecule has 1 saturated heterocycles. The highest BCUT2D eigenvalue weighted by molar-refractivity contribution is 9.10. The van der Waals surface area contributed by atoms with Gasteiger partial charge in [0.25, 0.3) is 0 Å². The molecule has 0 radical (unpaired) electrons. The van der Waals surface area contributed by atoms with Gasteiger partial charge in [0, 0.05) is 23.2 Å². The number of carbonyl (C=O) groups excluding carboxylic acids is 1. The number of aliphatic hydroxyl groups is 1. The second-order valence-electron chi connectivity index (χ2n) is 5.12. The van der Waals surface area contributed by atoms with E-state index in [4.69, 9.17) is 0 Å². The number of nitrogens with one attached hydrogen (secondary N) is 1. The highest BCUT2D eigenvalue weighted by Gasteiger charge is 2.25. The summed E-state index contributed by atoms with van der Waals surface area (Å²) in [6.45, 7) is 3.95. The summed E-state index contributed by atoms with van der Waals surface area (Å²) in [5.74, 6) is 0.222. The molecule has 4 nitrogen and oxygen atoms in total. The smallest absolute Gasteiger partial charge is 0.238 e. The molecule has 1 aromatic rings. The van der Waals surface area contributed by atoms with Gasteiger partial charge in [0.1, 0.15) is 0 Å². The molecule has 0 aliphatic carbocycles. The van der Waals surface area contributed by atoms with Gasteiger partial charge in [-0.05, 0) is 36.6 Å². The van der Waals surface area contributed by atoms with Gasteiger partial charge in [0.15, 0.2) is 0 Å². The predicted molar refractivity (Wildman–Crippen MR) is 79.0 cm³/mol. The Hall–Kier alpha value is -0.910. The Bertz CT molecular complexity index is 436. The fourth-order valence-electron chi connectivity index (χ4n) is 2.30. The number of rotatable bonds is 3. The van der Waals surface area contributed by atoms with Crippen LogP contribution in [-0.4, -0.2) is 41.7 Å². The minimum atomic E-state index is -0.231. The molecule has 0 saturated carbocycles. The van der Waals surface area contributed by atoms with Crippen molar-refractivity contribution in [2.24, 2.45) is 5.92 Å². The third kappa shape index (κ3) is 4.30. The molecule has 1 aliphatic heterocycles. The molecule has 2 rings (SSSR count). The Morgan fingerprint density at radius 2 is 2.16 bits per heavy atom. The van der Waals surface area contributed by atoms with E-state index in [0.29, 0.717) is 6.54 Å². The van der Waals surface area contributed by atoms with E-state index in [1.807, 2.05) is 31.2 Å². The number of benzene rings is 1. The zero-order chi connectivity index (χ0) is 13.8. The van der Waals surface area contributed by atoms with Gasteiger partial charge in [-0.1, -0.05) is 22.9 Å². The average Bonchev–Trinajstić information content (AvgIpc) is 2.37. The van der Waals surface area contributed by atoms with Crippen LogP contribution in [0.5, 0.6) is 0 Å². The van der Waals surface area contributed by atoms with Crippen LogP contribution in [0.15, 0.2) is 28.7 Å². The van der Waals surface area contributed by atoms with Crippen molar-refractivity contribution in [1.29, 1.82) is 0 Å². The minimum absolute atomic E-state index is 0.00841. The van der Waals surface area contributed by atoms with Crippen molar-refractivity contribution < 1.29 is 9.90 Å². The van der Waals surface area contributed by atoms with Crippen LogP contribution >= 0.6 is 15.9 Å². The Labute approximate surface area is 121 Å². The van der Waals surface area contributed by atoms with E-state index < -0.39 is 0 Å². The van der Waals surface area contributed by atoms with E-state index in [2.05, 4.69) is 26.1 Å². The molecule has 0 bridgehead atoms. The van der Waals surface area contributed by atoms with E-state index in [0.717, 1.165) is 29.7 Å². The van der Waals surface area contributed by atoms with Gasteiger partial charge in [0.2, 0.25) is 5.91 Å². The van der Waals surface area contributed by atoms with Crippen LogP contribution < -0.4 is 5.32 Å². The second-order valence-corrected chi connectivity index (χ2v) is 6.04. The Kier molecular flexibility index (Phi) is 4.96. The van der Waals surface area contributed by atoms with Crippen LogP contribution in [0.2, 0.25) is 0 Å². The molecule has 1 aromatic carbocycles. The van der Waals surface area contributed by atoms with E-state index in [9.17, 15) is 9.90 Å². The number of hydrogen-bond acceptors (Lipinski definition) is 3. The lowest BCUT2D eigenvalue weighted by molar-refractivity contribution is -0.118. The normalized spacial score (nSPS) is 24.2. The van der Waals surface area contributed by atoms with Gasteiger partial charge in [-0.15, -0.1) is 0 Å². The fourth-order valence-corrected chi connectivity index (χ4v) is 2.56. The summed E-state index contributed by atoms with van der Waals surface area (Å²) in [6, 6.07) is 7.53. The number of aliphatic hydroxyl groups excluding tert-OH is 1. The van der Waals surface area contributed by atoms with Crippen LogP contribution in [0.1, 0.15) is 13.3 Å². The lowest BCUT2D eigenvalue weighted by Crippen LogP contribution is -2.45. The molecule has 1 fully saturated rings. The highest BCUT2D eigenvalue weighted by Crippen LogP contribution is 2.17. The molecular formula is C14H19BrN2O2. The summed E-state index contributed by atoms with van der Waals surface area (Å²) < 4.78 is 0.990. The van der Waals surface area contributed by atoms with Gasteiger partial charge in [0.05, 0.1) is 12.6 Å². The average molecular weight is 327 g/mol. The quantitative estimate of drug-likeness (QED) is 0.894. The molecule has 2 N–H and O–H groups in total. The van der Waals surface area contributed by atoms with E-state index >= 15 is 0 Å². The molecule has 2 unspecified atom stereocenters. The molecule has 5 heteroatoms. The van der Waals surface area contributed by atoms with E-state index in [1.165, 1.54) is 0 Å². The maximum Gasteiger partial charge on any atom is 0.238 e. The largest absolute Gasteiger partial charge is 0.393 e. The first kappa shape index (κ1) is 14.5. The summed E-state index contributed by atoms with van der Waals surface area (Å²) >= 11 is 3.36. The topological polar surface area (TPSA) is 52.6 Å². The summed E-state index contributed by atoms with van der Waals surface area (Å²) in [4.78, 5) is 14.0. The van der Waals surface area contributed by atoms with Crippen LogP contribution in [0.25, 0.3) is 0 Å². The Balaban J connectivity index is 1.83. The van der Waals surface area contributed by atoms with Crippen LogP contribution in [-0.2, 0) is 4.79 Å². The monoisotopic (exact) mass is 326 g/mol. The number of amides is 1. The lowest BCUT2D eigenvalue weighted by atomic mass is 9.97. The third-order valence-electron chi connectivity index (χ3n) is 3.44. The first-order valence-corrected chi connectivity index (χ1v) is 7.30. The Morgan fingerprint density at radius 1 is 1.47 bits per heavy atom. The zero-order valence-electron chi connectivity index (χ0n) is 11.0. The zero-order valence-corrected chi connectivity index (χ0v) is 12.6. The summed E-state index contributed by atoms with van der Waals surface area (Å²) in [5, 5.41) is 12.5. The van der Waals surface area contributed by atoms with E-state index in [-0.39, 0.29) is 17.9 Å². The lowest BCUT2D eigenvalue weighted by Gasteiger charge is -2.33. The highest BCUT2D eigenvalue weighted by atomic mass is 79.9. The first-order valence-electron chi connectivity index (χ1n) is 6.50. The maximum atomic E-state index is 11.9. The molecule has 1 amide bonds. The molecule has 2 atom stereocenters. The number of carbonyl (C=O) groups is 1. The number of likely N-dealkylation sites (tertiary alicyclic amines) is 1. The van der Waals surface area contributed by atoms with Crippen molar-refractivity contribution >= 4 is 27.5 Å². The number of nitrogens with zero attached hydrogens (tertiary/aromatic N) is 1. The summed E-state index contributed by atoms with van der Waals surface area (Å²) in [5.41, 5.74) is 0.804. The second kappa shape index (κ2) is 6.50. The molecule has 19 heavy (non-hydrogen) atoms. The van der Waals surface area contributed by atoms with Crippen molar-refractivity contribution in [3.05, 3.63) is 28.7 Å². The standard InChI is InChI=1S/C14H19BrN2O2/c1-10-8-17(7-6-13(10)18)9-14(19)16-12-4-2-11(15)3-5-12/h2-5,10,13,18H,6-9H2,1H3,(H,16,19). The van der Waals surface area contributed by atoms with Crippen molar-refractivity contribution in [3.63, 3.8) is 0 Å². The van der Waals surface area contributed by atoms with Crippen molar-refractivity contribution in [2.45, 2.75) is 19.4 Å². The summed E-state index contributed by atoms with van der Waals surface area (Å²) in [6.07, 6.45) is 0.512. The maximum absolute atomic E-state index is 11.9. The Morgan fingerprint density at radius 3 is 2.79 bits per heavy atom. The number of halogens is 1. The van der Waals surface area contributed by atoms with Crippen molar-refractivity contribution in [1.82, 2.24) is 4.90 Å².